The largest absolute Gasteiger partial charge is 0.399 e. The highest BCUT2D eigenvalue weighted by Crippen LogP contribution is 2.20. The van der Waals surface area contributed by atoms with E-state index in [9.17, 15) is 14.9 Å². The number of benzene rings is 1. The first-order valence-corrected chi connectivity index (χ1v) is 4.38. The van der Waals surface area contributed by atoms with Crippen LogP contribution in [0, 0.1) is 10.1 Å². The van der Waals surface area contributed by atoms with E-state index in [-0.39, 0.29) is 11.3 Å². The van der Waals surface area contributed by atoms with Crippen LogP contribution in [-0.4, -0.2) is 17.4 Å². The van der Waals surface area contributed by atoms with E-state index < -0.39 is 10.8 Å². The van der Waals surface area contributed by atoms with Gasteiger partial charge in [-0.05, 0) is 19.1 Å². The summed E-state index contributed by atoms with van der Waals surface area (Å²) in [6.07, 6.45) is 0. The van der Waals surface area contributed by atoms with Crippen molar-refractivity contribution in [2.75, 3.05) is 12.3 Å². The molecule has 1 aromatic carbocycles. The highest BCUT2D eigenvalue weighted by atomic mass is 16.6. The van der Waals surface area contributed by atoms with Gasteiger partial charge < -0.3 is 11.1 Å². The summed E-state index contributed by atoms with van der Waals surface area (Å²) in [4.78, 5) is 21.5. The predicted molar refractivity (Wildman–Crippen MR) is 55.5 cm³/mol. The van der Waals surface area contributed by atoms with Crippen LogP contribution >= 0.6 is 0 Å². The number of nitro groups is 1. The highest BCUT2D eigenvalue weighted by molar-refractivity contribution is 5.98. The zero-order valence-corrected chi connectivity index (χ0v) is 8.19. The lowest BCUT2D eigenvalue weighted by atomic mass is 10.1. The van der Waals surface area contributed by atoms with Crippen molar-refractivity contribution in [2.24, 2.45) is 0 Å². The molecule has 0 fully saturated rings. The molecule has 0 spiro atoms. The summed E-state index contributed by atoms with van der Waals surface area (Å²) in [5, 5.41) is 13.1. The van der Waals surface area contributed by atoms with Crippen molar-refractivity contribution in [1.29, 1.82) is 0 Å². The van der Waals surface area contributed by atoms with Crippen LogP contribution in [0.5, 0.6) is 0 Å². The molecule has 15 heavy (non-hydrogen) atoms. The molecule has 1 amide bonds. The molecule has 0 aromatic heterocycles. The highest BCUT2D eigenvalue weighted by Gasteiger charge is 2.19. The third-order valence-corrected chi connectivity index (χ3v) is 1.80. The third kappa shape index (κ3) is 2.43. The average Bonchev–Trinajstić information content (AvgIpc) is 2.17. The van der Waals surface area contributed by atoms with Crippen molar-refractivity contribution in [2.45, 2.75) is 6.92 Å². The van der Waals surface area contributed by atoms with E-state index in [1.54, 1.807) is 6.92 Å². The minimum atomic E-state index is -0.607. The summed E-state index contributed by atoms with van der Waals surface area (Å²) in [6.45, 7) is 2.14. The molecule has 1 aromatic rings. The number of nitrogens with zero attached hydrogens (tertiary/aromatic N) is 1. The van der Waals surface area contributed by atoms with Gasteiger partial charge in [0.1, 0.15) is 5.56 Å². The molecule has 0 heterocycles. The van der Waals surface area contributed by atoms with Crippen molar-refractivity contribution in [3.8, 4) is 0 Å². The molecule has 0 aliphatic heterocycles. The summed E-state index contributed by atoms with van der Waals surface area (Å²) in [5.74, 6) is -0.489. The van der Waals surface area contributed by atoms with Gasteiger partial charge in [-0.1, -0.05) is 0 Å². The Hall–Kier alpha value is -2.11. The summed E-state index contributed by atoms with van der Waals surface area (Å²) in [5.41, 5.74) is 5.53. The molecule has 0 saturated heterocycles. The Morgan fingerprint density at radius 3 is 2.80 bits per heavy atom. The number of hydrogen-bond acceptors (Lipinski definition) is 4. The molecule has 0 aliphatic carbocycles. The number of anilines is 1. The fourth-order valence-corrected chi connectivity index (χ4v) is 1.15. The fraction of sp³-hybridized carbons (Fsp3) is 0.222. The van der Waals surface area contributed by atoms with E-state index in [2.05, 4.69) is 5.32 Å². The Kier molecular flexibility index (Phi) is 3.22. The van der Waals surface area contributed by atoms with Crippen molar-refractivity contribution in [3.05, 3.63) is 33.9 Å². The van der Waals surface area contributed by atoms with Gasteiger partial charge in [0.2, 0.25) is 0 Å². The summed E-state index contributed by atoms with van der Waals surface area (Å²) in [6, 6.07) is 3.91. The van der Waals surface area contributed by atoms with Gasteiger partial charge in [0.05, 0.1) is 4.92 Å². The van der Waals surface area contributed by atoms with Crippen molar-refractivity contribution < 1.29 is 9.72 Å². The molecular formula is C9H11N3O3. The number of nitrogens with one attached hydrogen (secondary N) is 1. The van der Waals surface area contributed by atoms with E-state index in [0.29, 0.717) is 12.2 Å². The second-order valence-electron chi connectivity index (χ2n) is 2.89. The minimum Gasteiger partial charge on any atom is -0.399 e. The predicted octanol–water partition coefficient (Wildman–Crippen LogP) is 0.927. The standard InChI is InChI=1S/C9H11N3O3/c1-2-11-9(13)7-5-6(10)3-4-8(7)12(14)15/h3-5H,2,10H2,1H3,(H,11,13). The Morgan fingerprint density at radius 1 is 1.60 bits per heavy atom. The van der Waals surface area contributed by atoms with E-state index in [0.717, 1.165) is 0 Å². The molecule has 80 valence electrons. The van der Waals surface area contributed by atoms with Crippen LogP contribution in [0.3, 0.4) is 0 Å². The van der Waals surface area contributed by atoms with Crippen LogP contribution in [0.1, 0.15) is 17.3 Å². The van der Waals surface area contributed by atoms with Crippen LogP contribution in [0.15, 0.2) is 18.2 Å². The van der Waals surface area contributed by atoms with Crippen molar-refractivity contribution in [3.63, 3.8) is 0 Å². The molecule has 0 bridgehead atoms. The molecular weight excluding hydrogens is 198 g/mol. The van der Waals surface area contributed by atoms with Crippen LogP contribution < -0.4 is 11.1 Å². The van der Waals surface area contributed by atoms with Crippen LogP contribution in [0.4, 0.5) is 11.4 Å². The van der Waals surface area contributed by atoms with Crippen molar-refractivity contribution >= 4 is 17.3 Å². The number of carbonyl (C=O) groups is 1. The summed E-state index contributed by atoms with van der Waals surface area (Å²) < 4.78 is 0. The smallest absolute Gasteiger partial charge is 0.282 e. The number of rotatable bonds is 3. The Labute approximate surface area is 86.2 Å². The minimum absolute atomic E-state index is 0.0122. The number of nitrogens with two attached hydrogens (primary N) is 1. The maximum atomic E-state index is 11.5. The Bertz CT molecular complexity index is 404. The topological polar surface area (TPSA) is 98.3 Å². The molecule has 6 nitrogen and oxygen atoms in total. The molecule has 0 saturated carbocycles. The van der Waals surface area contributed by atoms with Gasteiger partial charge in [0.25, 0.3) is 11.6 Å². The van der Waals surface area contributed by atoms with E-state index in [1.165, 1.54) is 18.2 Å². The number of carbonyl (C=O) groups excluding carboxylic acids is 1. The first kappa shape index (κ1) is 11.0. The third-order valence-electron chi connectivity index (χ3n) is 1.80. The lowest BCUT2D eigenvalue weighted by molar-refractivity contribution is -0.385. The maximum Gasteiger partial charge on any atom is 0.282 e. The first-order valence-electron chi connectivity index (χ1n) is 4.38. The normalized spacial score (nSPS) is 9.67. The van der Waals surface area contributed by atoms with Gasteiger partial charge in [-0.3, -0.25) is 14.9 Å². The van der Waals surface area contributed by atoms with E-state index in [4.69, 9.17) is 5.73 Å². The zero-order chi connectivity index (χ0) is 11.4. The van der Waals surface area contributed by atoms with Gasteiger partial charge in [-0.15, -0.1) is 0 Å². The SMILES string of the molecule is CCNC(=O)c1cc(N)ccc1[N+](=O)[O-]. The van der Waals surface area contributed by atoms with E-state index in [1.807, 2.05) is 0 Å². The quantitative estimate of drug-likeness (QED) is 0.439. The van der Waals surface area contributed by atoms with Gasteiger partial charge in [-0.25, -0.2) is 0 Å². The van der Waals surface area contributed by atoms with Crippen LogP contribution in [0.2, 0.25) is 0 Å². The van der Waals surface area contributed by atoms with Gasteiger partial charge in [0, 0.05) is 18.3 Å². The molecule has 6 heteroatoms. The Balaban J connectivity index is 3.18. The Morgan fingerprint density at radius 2 is 2.27 bits per heavy atom. The number of amides is 1. The second kappa shape index (κ2) is 4.41. The van der Waals surface area contributed by atoms with Gasteiger partial charge in [0.15, 0.2) is 0 Å². The monoisotopic (exact) mass is 209 g/mol. The molecule has 0 aliphatic rings. The fourth-order valence-electron chi connectivity index (χ4n) is 1.15. The van der Waals surface area contributed by atoms with Crippen LogP contribution in [0.25, 0.3) is 0 Å². The van der Waals surface area contributed by atoms with Crippen molar-refractivity contribution in [1.82, 2.24) is 5.32 Å². The number of hydrogen-bond donors (Lipinski definition) is 2. The van der Waals surface area contributed by atoms with Gasteiger partial charge >= 0.3 is 0 Å². The number of nitro benzene ring substituents is 1. The lowest BCUT2D eigenvalue weighted by Gasteiger charge is -2.03. The van der Waals surface area contributed by atoms with Crippen LogP contribution in [-0.2, 0) is 0 Å². The molecule has 0 atom stereocenters. The second-order valence-corrected chi connectivity index (χ2v) is 2.89. The van der Waals surface area contributed by atoms with E-state index >= 15 is 0 Å². The lowest BCUT2D eigenvalue weighted by Crippen LogP contribution is -2.23. The number of nitrogen functional groups attached to an aromatic ring is 1. The maximum absolute atomic E-state index is 11.5. The molecule has 1 rings (SSSR count). The first-order chi connectivity index (χ1) is 7.06. The average molecular weight is 209 g/mol. The molecule has 0 radical (unpaired) electrons. The molecule has 3 N–H and O–H groups in total. The molecule has 0 unspecified atom stereocenters. The summed E-state index contributed by atoms with van der Waals surface area (Å²) >= 11 is 0. The van der Waals surface area contributed by atoms with Gasteiger partial charge in [-0.2, -0.15) is 0 Å². The summed E-state index contributed by atoms with van der Waals surface area (Å²) in [7, 11) is 0. The zero-order valence-electron chi connectivity index (χ0n) is 8.19.